The zero-order valence-electron chi connectivity index (χ0n) is 11.4. The Labute approximate surface area is 135 Å². The fourth-order valence-corrected chi connectivity index (χ4v) is 2.03. The van der Waals surface area contributed by atoms with Gasteiger partial charge in [-0.2, -0.15) is 0 Å². The normalized spacial score (nSPS) is 10.5. The minimum absolute atomic E-state index is 0.120. The maximum absolute atomic E-state index is 13.7. The van der Waals surface area contributed by atoms with Crippen LogP contribution < -0.4 is 10.9 Å². The van der Waals surface area contributed by atoms with E-state index < -0.39 is 37.4 Å². The van der Waals surface area contributed by atoms with Crippen LogP contribution in [0.4, 0.5) is 8.78 Å². The summed E-state index contributed by atoms with van der Waals surface area (Å²) in [6, 6.07) is 6.60. The van der Waals surface area contributed by atoms with E-state index in [0.29, 0.717) is 0 Å². The van der Waals surface area contributed by atoms with Gasteiger partial charge in [-0.05, 0) is 23.7 Å². The first-order valence-corrected chi connectivity index (χ1v) is 6.67. The van der Waals surface area contributed by atoms with Crippen molar-refractivity contribution in [1.82, 2.24) is 0 Å². The maximum atomic E-state index is 13.7. The first-order chi connectivity index (χ1) is 10.8. The van der Waals surface area contributed by atoms with Crippen LogP contribution in [0.25, 0.3) is 0 Å². The van der Waals surface area contributed by atoms with E-state index in [1.165, 1.54) is 18.2 Å². The Kier molecular flexibility index (Phi) is 5.38. The van der Waals surface area contributed by atoms with Gasteiger partial charge in [0.2, 0.25) is 0 Å². The van der Waals surface area contributed by atoms with E-state index in [-0.39, 0.29) is 15.9 Å². The molecule has 23 heavy (non-hydrogen) atoms. The second kappa shape index (κ2) is 7.10. The number of aromatic carboxylic acids is 1. The predicted molar refractivity (Wildman–Crippen MR) is 81.1 cm³/mol. The predicted octanol–water partition coefficient (Wildman–Crippen LogP) is 0.408. The average Bonchev–Trinajstić information content (AvgIpc) is 2.49. The lowest BCUT2D eigenvalue weighted by Gasteiger charge is -2.13. The van der Waals surface area contributed by atoms with Crippen molar-refractivity contribution in [3.05, 3.63) is 58.6 Å². The lowest BCUT2D eigenvalue weighted by atomic mass is 9.71. The average molecular weight is 340 g/mol. The van der Waals surface area contributed by atoms with Gasteiger partial charge in [-0.1, -0.05) is 29.8 Å². The fraction of sp³-hybridized carbons (Fsp3) is 0. The van der Waals surface area contributed by atoms with Crippen LogP contribution in [0.2, 0.25) is 5.02 Å². The van der Waals surface area contributed by atoms with E-state index in [1.54, 1.807) is 0 Å². The first kappa shape index (κ1) is 17.4. The van der Waals surface area contributed by atoms with Crippen LogP contribution in [0, 0.1) is 11.6 Å². The second-order valence-electron chi connectivity index (χ2n) is 4.53. The minimum Gasteiger partial charge on any atom is -0.478 e. The third-order valence-corrected chi connectivity index (χ3v) is 3.30. The molecular weight excluding hydrogens is 331 g/mol. The molecule has 0 aliphatic carbocycles. The zero-order chi connectivity index (χ0) is 17.1. The second-order valence-corrected chi connectivity index (χ2v) is 4.94. The van der Waals surface area contributed by atoms with Crippen LogP contribution in [0.1, 0.15) is 10.4 Å². The van der Waals surface area contributed by atoms with Gasteiger partial charge in [0.25, 0.3) is 0 Å². The van der Waals surface area contributed by atoms with Crippen LogP contribution in [0.3, 0.4) is 0 Å². The molecule has 118 valence electrons. The molecule has 3 N–H and O–H groups in total. The topological polar surface area (TPSA) is 87.0 Å². The molecule has 0 heterocycles. The van der Waals surface area contributed by atoms with Crippen molar-refractivity contribution in [2.24, 2.45) is 0 Å². The van der Waals surface area contributed by atoms with Gasteiger partial charge >= 0.3 is 20.2 Å². The first-order valence-electron chi connectivity index (χ1n) is 6.29. The smallest absolute Gasteiger partial charge is 0.478 e. The standard InChI is InChI=1S/C13H9B2ClF2O5/c16-10-3-1-2-9(12(10)18)15(22)23-14(21)7-4-5-11(17)8(6-7)13(19)20/h1-6,21-22H,(H,19,20). The SMILES string of the molecule is O=C(O)c1cc(B(O)OB(O)c2cccc(Cl)c2F)ccc1F. The summed E-state index contributed by atoms with van der Waals surface area (Å²) in [7, 11) is -3.66. The van der Waals surface area contributed by atoms with Gasteiger partial charge in [-0.3, -0.25) is 0 Å². The number of carbonyl (C=O) groups is 1. The lowest BCUT2D eigenvalue weighted by molar-refractivity contribution is 0.0692. The third kappa shape index (κ3) is 3.89. The molecule has 2 aromatic carbocycles. The molecule has 0 radical (unpaired) electrons. The molecule has 0 saturated heterocycles. The van der Waals surface area contributed by atoms with Crippen molar-refractivity contribution >= 4 is 42.7 Å². The Hall–Kier alpha value is -1.93. The molecule has 0 saturated carbocycles. The van der Waals surface area contributed by atoms with Crippen molar-refractivity contribution in [3.63, 3.8) is 0 Å². The molecule has 0 aromatic heterocycles. The van der Waals surface area contributed by atoms with Gasteiger partial charge in [0.05, 0.1) is 10.6 Å². The molecule has 0 bridgehead atoms. The van der Waals surface area contributed by atoms with Crippen molar-refractivity contribution in [2.75, 3.05) is 0 Å². The summed E-state index contributed by atoms with van der Waals surface area (Å²) >= 11 is 5.57. The Bertz CT molecular complexity index is 746. The number of rotatable bonds is 5. The molecule has 0 aliphatic heterocycles. The van der Waals surface area contributed by atoms with E-state index in [9.17, 15) is 23.6 Å². The van der Waals surface area contributed by atoms with Crippen LogP contribution in [0.15, 0.2) is 36.4 Å². The Morgan fingerprint density at radius 3 is 2.48 bits per heavy atom. The van der Waals surface area contributed by atoms with Crippen molar-refractivity contribution < 1.29 is 33.3 Å². The molecule has 5 nitrogen and oxygen atoms in total. The largest absolute Gasteiger partial charge is 0.480 e. The summed E-state index contributed by atoms with van der Waals surface area (Å²) in [4.78, 5) is 10.8. The molecule has 0 fully saturated rings. The van der Waals surface area contributed by atoms with E-state index in [0.717, 1.165) is 18.2 Å². The molecular formula is C13H9B2ClF2O5. The molecule has 2 rings (SSSR count). The number of halogens is 3. The Balaban J connectivity index is 2.21. The minimum atomic E-state index is -1.86. The molecule has 0 amide bonds. The molecule has 10 heteroatoms. The summed E-state index contributed by atoms with van der Waals surface area (Å²) in [6.07, 6.45) is 0. The highest BCUT2D eigenvalue weighted by molar-refractivity contribution is 6.73. The van der Waals surface area contributed by atoms with Crippen LogP contribution >= 0.6 is 11.6 Å². The third-order valence-electron chi connectivity index (χ3n) is 3.01. The summed E-state index contributed by atoms with van der Waals surface area (Å²) in [5.74, 6) is -3.44. The Morgan fingerprint density at radius 1 is 1.13 bits per heavy atom. The summed E-state index contributed by atoms with van der Waals surface area (Å²) in [5.41, 5.74) is -1.10. The van der Waals surface area contributed by atoms with Crippen molar-refractivity contribution in [3.8, 4) is 0 Å². The Morgan fingerprint density at radius 2 is 1.83 bits per heavy atom. The number of carboxylic acid groups (broad SMARTS) is 1. The number of benzene rings is 2. The van der Waals surface area contributed by atoms with E-state index in [4.69, 9.17) is 21.3 Å². The monoisotopic (exact) mass is 340 g/mol. The van der Waals surface area contributed by atoms with Gasteiger partial charge < -0.3 is 19.7 Å². The van der Waals surface area contributed by atoms with Crippen molar-refractivity contribution in [2.45, 2.75) is 0 Å². The summed E-state index contributed by atoms with van der Waals surface area (Å²) < 4.78 is 31.9. The highest BCUT2D eigenvalue weighted by Crippen LogP contribution is 2.12. The summed E-state index contributed by atoms with van der Waals surface area (Å²) in [6.45, 7) is 0. The lowest BCUT2D eigenvalue weighted by Crippen LogP contribution is -2.46. The van der Waals surface area contributed by atoms with Crippen LogP contribution in [-0.4, -0.2) is 35.4 Å². The van der Waals surface area contributed by atoms with Gasteiger partial charge in [0.15, 0.2) is 0 Å². The van der Waals surface area contributed by atoms with E-state index >= 15 is 0 Å². The highest BCUT2D eigenvalue weighted by Gasteiger charge is 2.29. The maximum Gasteiger partial charge on any atom is 0.480 e. The molecule has 2 aromatic rings. The van der Waals surface area contributed by atoms with Crippen molar-refractivity contribution in [1.29, 1.82) is 0 Å². The van der Waals surface area contributed by atoms with Gasteiger partial charge in [-0.25, -0.2) is 13.6 Å². The number of hydrogen-bond donors (Lipinski definition) is 3. The fourth-order valence-electron chi connectivity index (χ4n) is 1.85. The van der Waals surface area contributed by atoms with Gasteiger partial charge in [-0.15, -0.1) is 0 Å². The quantitative estimate of drug-likeness (QED) is 0.687. The number of hydrogen-bond acceptors (Lipinski definition) is 4. The zero-order valence-corrected chi connectivity index (χ0v) is 12.2. The molecule has 0 aliphatic rings. The highest BCUT2D eigenvalue weighted by atomic mass is 35.5. The van der Waals surface area contributed by atoms with Gasteiger partial charge in [0, 0.05) is 5.46 Å². The van der Waals surface area contributed by atoms with Crippen LogP contribution in [-0.2, 0) is 4.57 Å². The van der Waals surface area contributed by atoms with Crippen LogP contribution in [0.5, 0.6) is 0 Å². The van der Waals surface area contributed by atoms with Gasteiger partial charge in [0.1, 0.15) is 11.6 Å². The summed E-state index contributed by atoms with van der Waals surface area (Å²) in [5, 5.41) is 28.3. The molecule has 0 atom stereocenters. The molecule has 0 spiro atoms. The van der Waals surface area contributed by atoms with E-state index in [2.05, 4.69) is 0 Å². The molecule has 0 unspecified atom stereocenters. The van der Waals surface area contributed by atoms with E-state index in [1.807, 2.05) is 0 Å². The number of carboxylic acids is 1.